The number of benzene rings is 1. The second kappa shape index (κ2) is 3.45. The third-order valence-electron chi connectivity index (χ3n) is 2.51. The van der Waals surface area contributed by atoms with Gasteiger partial charge in [0.2, 0.25) is 0 Å². The Morgan fingerprint density at radius 3 is 2.67 bits per heavy atom. The summed E-state index contributed by atoms with van der Waals surface area (Å²) in [5.41, 5.74) is 1.16. The SMILES string of the molecule is Cn1nc(I)c2ccc(C(C)(C)O)cc21. The fraction of sp³-hybridized carbons (Fsp3) is 0.364. The van der Waals surface area contributed by atoms with E-state index in [1.165, 1.54) is 0 Å². The van der Waals surface area contributed by atoms with Gasteiger partial charge in [0.15, 0.2) is 0 Å². The lowest BCUT2D eigenvalue weighted by molar-refractivity contribution is 0.0787. The first-order valence-electron chi connectivity index (χ1n) is 4.75. The zero-order valence-electron chi connectivity index (χ0n) is 8.95. The van der Waals surface area contributed by atoms with Crippen LogP contribution >= 0.6 is 22.6 Å². The van der Waals surface area contributed by atoms with Gasteiger partial charge in [-0.1, -0.05) is 6.07 Å². The van der Waals surface area contributed by atoms with Crippen molar-refractivity contribution in [3.8, 4) is 0 Å². The molecule has 0 amide bonds. The van der Waals surface area contributed by atoms with Gasteiger partial charge in [-0.3, -0.25) is 4.68 Å². The summed E-state index contributed by atoms with van der Waals surface area (Å²) in [5, 5.41) is 15.4. The molecule has 3 nitrogen and oxygen atoms in total. The van der Waals surface area contributed by atoms with E-state index < -0.39 is 5.60 Å². The van der Waals surface area contributed by atoms with Crippen LogP contribution < -0.4 is 0 Å². The van der Waals surface area contributed by atoms with Gasteiger partial charge in [0, 0.05) is 12.4 Å². The van der Waals surface area contributed by atoms with Crippen LogP contribution in [0.4, 0.5) is 0 Å². The molecule has 80 valence electrons. The molecule has 0 aliphatic rings. The number of nitrogens with zero attached hydrogens (tertiary/aromatic N) is 2. The quantitative estimate of drug-likeness (QED) is 0.821. The van der Waals surface area contributed by atoms with Gasteiger partial charge in [0.25, 0.3) is 0 Å². The molecule has 0 fully saturated rings. The number of fused-ring (bicyclic) bond motifs is 1. The average molecular weight is 316 g/mol. The monoisotopic (exact) mass is 316 g/mol. The number of aliphatic hydroxyl groups is 1. The Hall–Kier alpha value is -0.620. The van der Waals surface area contributed by atoms with E-state index in [2.05, 4.69) is 27.7 Å². The van der Waals surface area contributed by atoms with Crippen LogP contribution in [-0.4, -0.2) is 14.9 Å². The number of hydrogen-bond donors (Lipinski definition) is 1. The highest BCUT2D eigenvalue weighted by atomic mass is 127. The second-order valence-corrected chi connectivity index (χ2v) is 5.23. The molecule has 0 atom stereocenters. The Morgan fingerprint density at radius 1 is 1.40 bits per heavy atom. The molecular formula is C11H13IN2O. The molecule has 4 heteroatoms. The maximum Gasteiger partial charge on any atom is 0.131 e. The second-order valence-electron chi connectivity index (χ2n) is 4.21. The first kappa shape index (κ1) is 10.9. The standard InChI is InChI=1S/C11H13IN2O/c1-11(2,15)7-4-5-8-9(6-7)14(3)13-10(8)12/h4-6,15H,1-3H3. The van der Waals surface area contributed by atoms with Crippen LogP contribution in [0.5, 0.6) is 0 Å². The number of hydrogen-bond acceptors (Lipinski definition) is 2. The highest BCUT2D eigenvalue weighted by molar-refractivity contribution is 14.1. The summed E-state index contributed by atoms with van der Waals surface area (Å²) < 4.78 is 2.83. The third kappa shape index (κ3) is 1.88. The van der Waals surface area contributed by atoms with Crippen LogP contribution in [0, 0.1) is 3.70 Å². The summed E-state index contributed by atoms with van der Waals surface area (Å²) in [4.78, 5) is 0. The minimum Gasteiger partial charge on any atom is -0.386 e. The van der Waals surface area contributed by atoms with Gasteiger partial charge in [0.05, 0.1) is 11.1 Å². The molecule has 0 radical (unpaired) electrons. The van der Waals surface area contributed by atoms with Crippen molar-refractivity contribution in [3.63, 3.8) is 0 Å². The van der Waals surface area contributed by atoms with Crippen molar-refractivity contribution in [2.45, 2.75) is 19.4 Å². The van der Waals surface area contributed by atoms with Crippen molar-refractivity contribution in [2.24, 2.45) is 7.05 Å². The molecule has 1 N–H and O–H groups in total. The summed E-state index contributed by atoms with van der Waals surface area (Å²) in [7, 11) is 1.92. The molecule has 0 bridgehead atoms. The Morgan fingerprint density at radius 2 is 2.07 bits per heavy atom. The molecule has 0 aliphatic carbocycles. The fourth-order valence-corrected chi connectivity index (χ4v) is 2.37. The van der Waals surface area contributed by atoms with E-state index >= 15 is 0 Å². The van der Waals surface area contributed by atoms with E-state index in [1.807, 2.05) is 29.9 Å². The molecule has 0 aliphatic heterocycles. The Bertz CT molecular complexity index is 511. The highest BCUT2D eigenvalue weighted by Crippen LogP contribution is 2.26. The predicted molar refractivity (Wildman–Crippen MR) is 68.7 cm³/mol. The summed E-state index contributed by atoms with van der Waals surface area (Å²) in [6, 6.07) is 5.95. The predicted octanol–water partition coefficient (Wildman–Crippen LogP) is 2.41. The van der Waals surface area contributed by atoms with Crippen LogP contribution in [0.2, 0.25) is 0 Å². The minimum absolute atomic E-state index is 0.802. The summed E-state index contributed by atoms with van der Waals surface area (Å²) in [5.74, 6) is 0. The van der Waals surface area contributed by atoms with Crippen molar-refractivity contribution >= 4 is 33.5 Å². The van der Waals surface area contributed by atoms with E-state index in [0.717, 1.165) is 20.2 Å². The Balaban J connectivity index is 2.71. The molecule has 0 unspecified atom stereocenters. The summed E-state index contributed by atoms with van der Waals surface area (Å²) >= 11 is 2.22. The van der Waals surface area contributed by atoms with Gasteiger partial charge in [-0.25, -0.2) is 0 Å². The molecule has 1 heterocycles. The van der Waals surface area contributed by atoms with Crippen molar-refractivity contribution in [1.82, 2.24) is 9.78 Å². The third-order valence-corrected chi connectivity index (χ3v) is 3.31. The molecule has 1 aromatic carbocycles. The molecule has 0 spiro atoms. The average Bonchev–Trinajstić information content (AvgIpc) is 2.41. The van der Waals surface area contributed by atoms with E-state index in [9.17, 15) is 5.11 Å². The molecule has 2 aromatic rings. The van der Waals surface area contributed by atoms with Gasteiger partial charge in [0.1, 0.15) is 3.70 Å². The molecule has 2 rings (SSSR count). The fourth-order valence-electron chi connectivity index (χ4n) is 1.59. The largest absolute Gasteiger partial charge is 0.386 e. The Labute approximate surface area is 102 Å². The number of halogens is 1. The first-order chi connectivity index (χ1) is 6.89. The maximum atomic E-state index is 9.91. The van der Waals surface area contributed by atoms with Gasteiger partial charge < -0.3 is 5.11 Å². The Kier molecular flexibility index (Phi) is 2.50. The van der Waals surface area contributed by atoms with Crippen molar-refractivity contribution in [2.75, 3.05) is 0 Å². The van der Waals surface area contributed by atoms with Crippen LogP contribution in [0.3, 0.4) is 0 Å². The first-order valence-corrected chi connectivity index (χ1v) is 5.82. The van der Waals surface area contributed by atoms with Crippen LogP contribution in [-0.2, 0) is 12.6 Å². The van der Waals surface area contributed by atoms with Gasteiger partial charge >= 0.3 is 0 Å². The maximum absolute atomic E-state index is 9.91. The molecule has 15 heavy (non-hydrogen) atoms. The van der Waals surface area contributed by atoms with E-state index in [-0.39, 0.29) is 0 Å². The highest BCUT2D eigenvalue weighted by Gasteiger charge is 2.17. The van der Waals surface area contributed by atoms with Crippen LogP contribution in [0.15, 0.2) is 18.2 Å². The molecular weight excluding hydrogens is 303 g/mol. The zero-order chi connectivity index (χ0) is 11.2. The van der Waals surface area contributed by atoms with Gasteiger partial charge in [-0.2, -0.15) is 5.10 Å². The van der Waals surface area contributed by atoms with Gasteiger partial charge in [-0.15, -0.1) is 0 Å². The molecule has 0 saturated heterocycles. The van der Waals surface area contributed by atoms with Gasteiger partial charge in [-0.05, 0) is 54.1 Å². The smallest absolute Gasteiger partial charge is 0.131 e. The lowest BCUT2D eigenvalue weighted by Crippen LogP contribution is -2.15. The number of aryl methyl sites for hydroxylation is 1. The van der Waals surface area contributed by atoms with Crippen molar-refractivity contribution in [1.29, 1.82) is 0 Å². The normalized spacial score (nSPS) is 12.3. The van der Waals surface area contributed by atoms with Crippen molar-refractivity contribution in [3.05, 3.63) is 27.5 Å². The van der Waals surface area contributed by atoms with E-state index in [1.54, 1.807) is 13.8 Å². The van der Waals surface area contributed by atoms with Crippen molar-refractivity contribution < 1.29 is 5.11 Å². The molecule has 0 saturated carbocycles. The summed E-state index contributed by atoms with van der Waals surface area (Å²) in [6.07, 6.45) is 0. The van der Waals surface area contributed by atoms with Crippen LogP contribution in [0.25, 0.3) is 10.9 Å². The van der Waals surface area contributed by atoms with E-state index in [0.29, 0.717) is 0 Å². The summed E-state index contributed by atoms with van der Waals surface area (Å²) in [6.45, 7) is 3.57. The lowest BCUT2D eigenvalue weighted by Gasteiger charge is -2.17. The lowest BCUT2D eigenvalue weighted by atomic mass is 9.98. The van der Waals surface area contributed by atoms with E-state index in [4.69, 9.17) is 0 Å². The number of aromatic nitrogens is 2. The zero-order valence-corrected chi connectivity index (χ0v) is 11.1. The topological polar surface area (TPSA) is 38.0 Å². The van der Waals surface area contributed by atoms with Crippen LogP contribution in [0.1, 0.15) is 19.4 Å². The number of rotatable bonds is 1. The minimum atomic E-state index is -0.802. The molecule has 1 aromatic heterocycles.